The summed E-state index contributed by atoms with van der Waals surface area (Å²) in [5.41, 5.74) is 3.63. The van der Waals surface area contributed by atoms with E-state index in [1.807, 2.05) is 25.5 Å². The molecular formula is C17H22N6. The lowest BCUT2D eigenvalue weighted by molar-refractivity contribution is 0.764. The van der Waals surface area contributed by atoms with Crippen LogP contribution in [0.4, 0.5) is 0 Å². The lowest BCUT2D eigenvalue weighted by Crippen LogP contribution is -2.37. The van der Waals surface area contributed by atoms with Crippen LogP contribution in [0.2, 0.25) is 0 Å². The number of nitrogens with zero attached hydrogens (tertiary/aromatic N) is 3. The van der Waals surface area contributed by atoms with E-state index in [1.165, 1.54) is 16.5 Å². The molecule has 0 unspecified atom stereocenters. The molecule has 1 aromatic carbocycles. The Labute approximate surface area is 135 Å². The van der Waals surface area contributed by atoms with Gasteiger partial charge in [0, 0.05) is 56.0 Å². The van der Waals surface area contributed by atoms with Crippen LogP contribution >= 0.6 is 0 Å². The smallest absolute Gasteiger partial charge is 0.191 e. The van der Waals surface area contributed by atoms with Gasteiger partial charge < -0.3 is 15.6 Å². The van der Waals surface area contributed by atoms with Crippen molar-refractivity contribution >= 4 is 16.9 Å². The molecule has 0 aliphatic carbocycles. The van der Waals surface area contributed by atoms with Gasteiger partial charge in [-0.1, -0.05) is 18.2 Å². The van der Waals surface area contributed by atoms with E-state index in [9.17, 15) is 0 Å². The van der Waals surface area contributed by atoms with Crippen LogP contribution in [-0.4, -0.2) is 34.3 Å². The van der Waals surface area contributed by atoms with Crippen molar-refractivity contribution in [2.75, 3.05) is 13.6 Å². The summed E-state index contributed by atoms with van der Waals surface area (Å²) >= 11 is 0. The molecule has 0 bridgehead atoms. The molecule has 0 aliphatic heterocycles. The molecule has 0 amide bonds. The second-order valence-corrected chi connectivity index (χ2v) is 5.48. The summed E-state index contributed by atoms with van der Waals surface area (Å²) in [5.74, 6) is 0.800. The number of H-pyrrole nitrogens is 1. The number of aromatic nitrogens is 3. The average Bonchev–Trinajstić information content (AvgIpc) is 3.17. The molecule has 2 aromatic heterocycles. The average molecular weight is 310 g/mol. The van der Waals surface area contributed by atoms with E-state index >= 15 is 0 Å². The van der Waals surface area contributed by atoms with Gasteiger partial charge in [0.05, 0.1) is 6.20 Å². The van der Waals surface area contributed by atoms with E-state index in [1.54, 1.807) is 11.7 Å². The molecule has 3 aromatic rings. The number of aromatic amines is 1. The summed E-state index contributed by atoms with van der Waals surface area (Å²) in [6, 6.07) is 8.36. The highest BCUT2D eigenvalue weighted by Gasteiger charge is 2.04. The molecule has 0 saturated heterocycles. The van der Waals surface area contributed by atoms with Gasteiger partial charge in [-0.05, 0) is 18.1 Å². The largest absolute Gasteiger partial charge is 0.361 e. The minimum atomic E-state index is 0.709. The maximum absolute atomic E-state index is 4.25. The Balaban J connectivity index is 1.50. The van der Waals surface area contributed by atoms with Gasteiger partial charge in [0.1, 0.15) is 0 Å². The zero-order valence-corrected chi connectivity index (χ0v) is 13.5. The van der Waals surface area contributed by atoms with Crippen molar-refractivity contribution in [3.8, 4) is 0 Å². The van der Waals surface area contributed by atoms with E-state index in [4.69, 9.17) is 0 Å². The van der Waals surface area contributed by atoms with Crippen molar-refractivity contribution in [2.45, 2.75) is 13.0 Å². The van der Waals surface area contributed by atoms with Crippen LogP contribution in [0.1, 0.15) is 11.1 Å². The molecule has 0 spiro atoms. The standard InChI is InChI=1S/C17H22N6/c1-18-17(21-9-13-10-22-23(2)12-13)19-8-7-14-11-20-16-6-4-3-5-15(14)16/h3-6,10-12,20H,7-9H2,1-2H3,(H2,18,19,21). The van der Waals surface area contributed by atoms with Gasteiger partial charge in [-0.2, -0.15) is 5.10 Å². The predicted molar refractivity (Wildman–Crippen MR) is 93.4 cm³/mol. The fourth-order valence-corrected chi connectivity index (χ4v) is 2.62. The van der Waals surface area contributed by atoms with Crippen molar-refractivity contribution in [3.05, 3.63) is 54.0 Å². The number of aliphatic imine (C=N–C) groups is 1. The Morgan fingerprint density at radius 2 is 2.17 bits per heavy atom. The summed E-state index contributed by atoms with van der Waals surface area (Å²) in [5, 5.41) is 12.1. The Kier molecular flexibility index (Phi) is 4.61. The van der Waals surface area contributed by atoms with Crippen LogP contribution in [0.15, 0.2) is 47.8 Å². The Morgan fingerprint density at radius 1 is 1.30 bits per heavy atom. The van der Waals surface area contributed by atoms with Crippen LogP contribution in [0, 0.1) is 0 Å². The molecule has 3 N–H and O–H groups in total. The molecule has 6 heteroatoms. The monoisotopic (exact) mass is 310 g/mol. The number of fused-ring (bicyclic) bond motifs is 1. The van der Waals surface area contributed by atoms with Crippen molar-refractivity contribution in [1.29, 1.82) is 0 Å². The van der Waals surface area contributed by atoms with Gasteiger partial charge in [-0.15, -0.1) is 0 Å². The number of rotatable bonds is 5. The molecule has 2 heterocycles. The van der Waals surface area contributed by atoms with E-state index < -0.39 is 0 Å². The summed E-state index contributed by atoms with van der Waals surface area (Å²) in [6.07, 6.45) is 6.87. The van der Waals surface area contributed by atoms with Crippen LogP contribution in [0.5, 0.6) is 0 Å². The van der Waals surface area contributed by atoms with Gasteiger partial charge in [0.25, 0.3) is 0 Å². The van der Waals surface area contributed by atoms with Crippen molar-refractivity contribution in [2.24, 2.45) is 12.0 Å². The third-order valence-electron chi connectivity index (χ3n) is 3.80. The third-order valence-corrected chi connectivity index (χ3v) is 3.80. The van der Waals surface area contributed by atoms with Crippen LogP contribution < -0.4 is 10.6 Å². The highest BCUT2D eigenvalue weighted by Crippen LogP contribution is 2.17. The summed E-state index contributed by atoms with van der Waals surface area (Å²) in [4.78, 5) is 7.56. The number of hydrogen-bond acceptors (Lipinski definition) is 2. The van der Waals surface area contributed by atoms with E-state index in [0.29, 0.717) is 6.54 Å². The Bertz CT molecular complexity index is 798. The van der Waals surface area contributed by atoms with Gasteiger partial charge >= 0.3 is 0 Å². The summed E-state index contributed by atoms with van der Waals surface area (Å²) in [6.45, 7) is 1.54. The quantitative estimate of drug-likeness (QED) is 0.497. The fraction of sp³-hybridized carbons (Fsp3) is 0.294. The maximum atomic E-state index is 4.25. The first-order valence-corrected chi connectivity index (χ1v) is 7.73. The molecular weight excluding hydrogens is 288 g/mol. The number of para-hydroxylation sites is 1. The van der Waals surface area contributed by atoms with Gasteiger partial charge in [0.15, 0.2) is 5.96 Å². The summed E-state index contributed by atoms with van der Waals surface area (Å²) in [7, 11) is 3.70. The molecule has 120 valence electrons. The van der Waals surface area contributed by atoms with Gasteiger partial charge in [-0.3, -0.25) is 9.67 Å². The first kappa shape index (κ1) is 15.1. The molecule has 23 heavy (non-hydrogen) atoms. The van der Waals surface area contributed by atoms with E-state index in [-0.39, 0.29) is 0 Å². The normalized spacial score (nSPS) is 11.8. The third kappa shape index (κ3) is 3.71. The minimum absolute atomic E-state index is 0.709. The highest BCUT2D eigenvalue weighted by molar-refractivity contribution is 5.83. The number of guanidine groups is 1. The van der Waals surface area contributed by atoms with Crippen molar-refractivity contribution in [1.82, 2.24) is 25.4 Å². The van der Waals surface area contributed by atoms with E-state index in [2.05, 4.69) is 50.1 Å². The molecule has 0 atom stereocenters. The molecule has 0 aliphatic rings. The number of benzene rings is 1. The fourth-order valence-electron chi connectivity index (χ4n) is 2.62. The lowest BCUT2D eigenvalue weighted by atomic mass is 10.1. The van der Waals surface area contributed by atoms with Crippen molar-refractivity contribution < 1.29 is 0 Å². The topological polar surface area (TPSA) is 70.0 Å². The molecule has 3 rings (SSSR count). The second kappa shape index (κ2) is 7.00. The molecule has 0 radical (unpaired) electrons. The zero-order chi connectivity index (χ0) is 16.1. The zero-order valence-electron chi connectivity index (χ0n) is 13.5. The first-order chi connectivity index (χ1) is 11.3. The SMILES string of the molecule is CN=C(NCCc1c[nH]c2ccccc12)NCc1cnn(C)c1. The molecule has 6 nitrogen and oxygen atoms in total. The number of aryl methyl sites for hydroxylation is 1. The predicted octanol–water partition coefficient (Wildman–Crippen LogP) is 1.81. The maximum Gasteiger partial charge on any atom is 0.191 e. The van der Waals surface area contributed by atoms with E-state index in [0.717, 1.165) is 24.5 Å². The van der Waals surface area contributed by atoms with Crippen LogP contribution in [0.3, 0.4) is 0 Å². The van der Waals surface area contributed by atoms with Crippen LogP contribution in [-0.2, 0) is 20.0 Å². The Hall–Kier alpha value is -2.76. The lowest BCUT2D eigenvalue weighted by Gasteiger charge is -2.10. The van der Waals surface area contributed by atoms with Gasteiger partial charge in [-0.25, -0.2) is 0 Å². The van der Waals surface area contributed by atoms with Gasteiger partial charge in [0.2, 0.25) is 0 Å². The molecule has 0 fully saturated rings. The minimum Gasteiger partial charge on any atom is -0.361 e. The molecule has 0 saturated carbocycles. The number of nitrogens with one attached hydrogen (secondary N) is 3. The second-order valence-electron chi connectivity index (χ2n) is 5.48. The van der Waals surface area contributed by atoms with Crippen LogP contribution in [0.25, 0.3) is 10.9 Å². The Morgan fingerprint density at radius 3 is 2.96 bits per heavy atom. The summed E-state index contributed by atoms with van der Waals surface area (Å²) < 4.78 is 1.80. The first-order valence-electron chi connectivity index (χ1n) is 7.73. The van der Waals surface area contributed by atoms with Crippen molar-refractivity contribution in [3.63, 3.8) is 0 Å². The highest BCUT2D eigenvalue weighted by atomic mass is 15.2. The number of hydrogen-bond donors (Lipinski definition) is 3.